The third-order valence-corrected chi connectivity index (χ3v) is 3.06. The fourth-order valence-corrected chi connectivity index (χ4v) is 1.84. The van der Waals surface area contributed by atoms with Gasteiger partial charge in [0.2, 0.25) is 0 Å². The lowest BCUT2D eigenvalue weighted by molar-refractivity contribution is -0.149. The fourth-order valence-electron chi connectivity index (χ4n) is 1.84. The van der Waals surface area contributed by atoms with Crippen LogP contribution in [0.2, 0.25) is 0 Å². The predicted molar refractivity (Wildman–Crippen MR) is 85.6 cm³/mol. The van der Waals surface area contributed by atoms with Crippen LogP contribution in [0.25, 0.3) is 0 Å². The fraction of sp³-hybridized carbons (Fsp3) is 0.278. The van der Waals surface area contributed by atoms with Gasteiger partial charge in [0.15, 0.2) is 6.61 Å². The minimum atomic E-state index is -0.893. The third-order valence-electron chi connectivity index (χ3n) is 3.06. The van der Waals surface area contributed by atoms with E-state index in [0.29, 0.717) is 11.5 Å². The van der Waals surface area contributed by atoms with E-state index in [1.165, 1.54) is 0 Å². The Balaban J connectivity index is 1.65. The zero-order valence-electron chi connectivity index (χ0n) is 13.0. The number of esters is 1. The van der Waals surface area contributed by atoms with Crippen molar-refractivity contribution in [3.05, 3.63) is 60.2 Å². The average Bonchev–Trinajstić information content (AvgIpc) is 2.58. The quantitative estimate of drug-likeness (QED) is 0.757. The molecule has 0 saturated carbocycles. The highest BCUT2D eigenvalue weighted by molar-refractivity contribution is 5.71. The van der Waals surface area contributed by atoms with Gasteiger partial charge in [-0.2, -0.15) is 0 Å². The Morgan fingerprint density at radius 1 is 1.00 bits per heavy atom. The predicted octanol–water partition coefficient (Wildman–Crippen LogP) is 2.36. The second-order valence-electron chi connectivity index (χ2n) is 5.02. The van der Waals surface area contributed by atoms with Crippen molar-refractivity contribution in [3.8, 4) is 11.5 Å². The van der Waals surface area contributed by atoms with Crippen LogP contribution < -0.4 is 9.47 Å². The van der Waals surface area contributed by atoms with Gasteiger partial charge in [-0.05, 0) is 30.7 Å². The molecule has 0 fully saturated rings. The van der Waals surface area contributed by atoms with Crippen molar-refractivity contribution in [2.45, 2.75) is 13.0 Å². The Hall–Kier alpha value is -2.53. The Morgan fingerprint density at radius 2 is 1.70 bits per heavy atom. The van der Waals surface area contributed by atoms with Crippen molar-refractivity contribution in [2.75, 3.05) is 19.8 Å². The molecule has 122 valence electrons. The number of rotatable bonds is 8. The smallest absolute Gasteiger partial charge is 0.344 e. The van der Waals surface area contributed by atoms with Crippen molar-refractivity contribution in [2.24, 2.45) is 0 Å². The Kier molecular flexibility index (Phi) is 6.44. The van der Waals surface area contributed by atoms with Crippen LogP contribution in [0.3, 0.4) is 0 Å². The van der Waals surface area contributed by atoms with Crippen molar-refractivity contribution in [1.82, 2.24) is 0 Å². The molecule has 0 spiro atoms. The van der Waals surface area contributed by atoms with Gasteiger partial charge < -0.3 is 19.3 Å². The van der Waals surface area contributed by atoms with Crippen LogP contribution in [-0.4, -0.2) is 37.0 Å². The van der Waals surface area contributed by atoms with Crippen LogP contribution in [0.1, 0.15) is 5.56 Å². The molecule has 2 aromatic rings. The summed E-state index contributed by atoms with van der Waals surface area (Å²) in [6, 6.07) is 16.5. The number of aliphatic hydroxyl groups excluding tert-OH is 1. The van der Waals surface area contributed by atoms with Crippen LogP contribution in [0.5, 0.6) is 11.5 Å². The van der Waals surface area contributed by atoms with Gasteiger partial charge in [-0.3, -0.25) is 0 Å². The van der Waals surface area contributed by atoms with E-state index < -0.39 is 12.1 Å². The van der Waals surface area contributed by atoms with E-state index in [-0.39, 0.29) is 19.8 Å². The molecule has 23 heavy (non-hydrogen) atoms. The zero-order chi connectivity index (χ0) is 16.5. The second kappa shape index (κ2) is 8.80. The highest BCUT2D eigenvalue weighted by Gasteiger charge is 2.11. The monoisotopic (exact) mass is 316 g/mol. The van der Waals surface area contributed by atoms with Gasteiger partial charge in [0.25, 0.3) is 0 Å². The molecule has 5 nitrogen and oxygen atoms in total. The van der Waals surface area contributed by atoms with Gasteiger partial charge in [-0.15, -0.1) is 0 Å². The number of hydrogen-bond donors (Lipinski definition) is 1. The summed E-state index contributed by atoms with van der Waals surface area (Å²) in [6.07, 6.45) is -0.893. The summed E-state index contributed by atoms with van der Waals surface area (Å²) in [4.78, 5) is 11.6. The maximum atomic E-state index is 11.6. The Labute approximate surface area is 135 Å². The topological polar surface area (TPSA) is 65.0 Å². The summed E-state index contributed by atoms with van der Waals surface area (Å²) >= 11 is 0. The molecule has 1 atom stereocenters. The number of carbonyl (C=O) groups is 1. The van der Waals surface area contributed by atoms with Crippen LogP contribution >= 0.6 is 0 Å². The molecule has 0 aromatic heterocycles. The van der Waals surface area contributed by atoms with Crippen molar-refractivity contribution < 1.29 is 24.1 Å². The third kappa shape index (κ3) is 6.00. The maximum absolute atomic E-state index is 11.6. The van der Waals surface area contributed by atoms with E-state index in [9.17, 15) is 9.90 Å². The molecular formula is C18H20O5. The first-order valence-corrected chi connectivity index (χ1v) is 7.35. The number of carbonyl (C=O) groups excluding carboxylic acids is 1. The first kappa shape index (κ1) is 16.8. The Morgan fingerprint density at radius 3 is 2.43 bits per heavy atom. The van der Waals surface area contributed by atoms with Crippen LogP contribution in [0.4, 0.5) is 0 Å². The van der Waals surface area contributed by atoms with Gasteiger partial charge >= 0.3 is 5.97 Å². The van der Waals surface area contributed by atoms with Crippen LogP contribution in [-0.2, 0) is 9.53 Å². The molecular weight excluding hydrogens is 296 g/mol. The molecule has 0 bridgehead atoms. The van der Waals surface area contributed by atoms with E-state index in [1.54, 1.807) is 12.1 Å². The number of hydrogen-bond acceptors (Lipinski definition) is 5. The number of aryl methyl sites for hydroxylation is 1. The molecule has 0 aliphatic heterocycles. The van der Waals surface area contributed by atoms with Gasteiger partial charge in [0, 0.05) is 0 Å². The molecule has 0 aliphatic carbocycles. The number of para-hydroxylation sites is 2. The van der Waals surface area contributed by atoms with Crippen LogP contribution in [0.15, 0.2) is 54.6 Å². The number of ether oxygens (including phenoxy) is 3. The lowest BCUT2D eigenvalue weighted by Crippen LogP contribution is -2.27. The van der Waals surface area contributed by atoms with Crippen LogP contribution in [0, 0.1) is 6.92 Å². The average molecular weight is 316 g/mol. The Bertz CT molecular complexity index is 612. The minimum Gasteiger partial charge on any atom is -0.490 e. The largest absolute Gasteiger partial charge is 0.490 e. The summed E-state index contributed by atoms with van der Waals surface area (Å²) in [5, 5.41) is 9.79. The maximum Gasteiger partial charge on any atom is 0.344 e. The standard InChI is InChI=1S/C18H20O5/c1-14-7-5-6-10-17(14)22-11-15(19)12-23-18(20)13-21-16-8-3-2-4-9-16/h2-10,15,19H,11-13H2,1H3/t15-/m1/s1. The second-order valence-corrected chi connectivity index (χ2v) is 5.02. The zero-order valence-corrected chi connectivity index (χ0v) is 13.0. The van der Waals surface area contributed by atoms with E-state index >= 15 is 0 Å². The molecule has 0 amide bonds. The van der Waals surface area contributed by atoms with Gasteiger partial charge in [-0.1, -0.05) is 36.4 Å². The SMILES string of the molecule is Cc1ccccc1OC[C@@H](O)COC(=O)COc1ccccc1. The normalized spacial score (nSPS) is 11.6. The summed E-state index contributed by atoms with van der Waals surface area (Å²) in [7, 11) is 0. The molecule has 0 heterocycles. The van der Waals surface area contributed by atoms with Gasteiger partial charge in [0.05, 0.1) is 0 Å². The van der Waals surface area contributed by atoms with Gasteiger partial charge in [0.1, 0.15) is 30.8 Å². The number of benzene rings is 2. The molecule has 2 aromatic carbocycles. The van der Waals surface area contributed by atoms with E-state index in [4.69, 9.17) is 14.2 Å². The minimum absolute atomic E-state index is 0.0532. The summed E-state index contributed by atoms with van der Waals surface area (Å²) in [6.45, 7) is 1.64. The summed E-state index contributed by atoms with van der Waals surface area (Å²) in [5.74, 6) is 0.752. The van der Waals surface area contributed by atoms with Crippen molar-refractivity contribution >= 4 is 5.97 Å². The number of aliphatic hydroxyl groups is 1. The molecule has 0 unspecified atom stereocenters. The first-order chi connectivity index (χ1) is 11.1. The summed E-state index contributed by atoms with van der Waals surface area (Å²) < 4.78 is 15.7. The van der Waals surface area contributed by atoms with Crippen molar-refractivity contribution in [3.63, 3.8) is 0 Å². The van der Waals surface area contributed by atoms with E-state index in [1.807, 2.05) is 49.4 Å². The molecule has 2 rings (SSSR count). The first-order valence-electron chi connectivity index (χ1n) is 7.35. The molecule has 0 saturated heterocycles. The lowest BCUT2D eigenvalue weighted by Gasteiger charge is -2.14. The highest BCUT2D eigenvalue weighted by Crippen LogP contribution is 2.16. The van der Waals surface area contributed by atoms with Gasteiger partial charge in [-0.25, -0.2) is 4.79 Å². The molecule has 0 aliphatic rings. The lowest BCUT2D eigenvalue weighted by atomic mass is 10.2. The molecule has 0 radical (unpaired) electrons. The molecule has 1 N–H and O–H groups in total. The van der Waals surface area contributed by atoms with Crippen molar-refractivity contribution in [1.29, 1.82) is 0 Å². The summed E-state index contributed by atoms with van der Waals surface area (Å²) in [5.41, 5.74) is 0.980. The van der Waals surface area contributed by atoms with E-state index in [2.05, 4.69) is 0 Å². The van der Waals surface area contributed by atoms with E-state index in [0.717, 1.165) is 5.56 Å². The highest BCUT2D eigenvalue weighted by atomic mass is 16.6. The molecule has 5 heteroatoms.